The van der Waals surface area contributed by atoms with E-state index in [1.165, 1.54) is 16.8 Å². The van der Waals surface area contributed by atoms with Crippen LogP contribution in [0, 0.1) is 6.92 Å². The van der Waals surface area contributed by atoms with E-state index in [2.05, 4.69) is 64.5 Å². The van der Waals surface area contributed by atoms with Gasteiger partial charge in [-0.2, -0.15) is 5.10 Å². The molecule has 108 valence electrons. The second-order valence-electron chi connectivity index (χ2n) is 5.15. The Labute approximate surface area is 129 Å². The number of rotatable bonds is 6. The molecule has 1 N–H and O–H groups in total. The molecule has 2 rings (SSSR count). The lowest BCUT2D eigenvalue weighted by Gasteiger charge is -2.18. The Morgan fingerprint density at radius 2 is 2.00 bits per heavy atom. The molecule has 0 radical (unpaired) electrons. The summed E-state index contributed by atoms with van der Waals surface area (Å²) >= 11 is 3.48. The van der Waals surface area contributed by atoms with E-state index in [1.54, 1.807) is 0 Å². The van der Waals surface area contributed by atoms with E-state index >= 15 is 0 Å². The molecule has 1 heterocycles. The number of aromatic nitrogens is 2. The van der Waals surface area contributed by atoms with Crippen molar-refractivity contribution >= 4 is 15.9 Å². The van der Waals surface area contributed by atoms with Gasteiger partial charge in [0.25, 0.3) is 0 Å². The van der Waals surface area contributed by atoms with Crippen LogP contribution in [0.15, 0.2) is 34.9 Å². The lowest BCUT2D eigenvalue weighted by atomic mass is 9.99. The summed E-state index contributed by atoms with van der Waals surface area (Å²) in [7, 11) is 2.00. The fraction of sp³-hybridized carbons (Fsp3) is 0.438. The molecule has 0 spiro atoms. The zero-order valence-corrected chi connectivity index (χ0v) is 13.9. The molecule has 1 aromatic carbocycles. The average molecular weight is 336 g/mol. The number of benzene rings is 1. The first-order valence-electron chi connectivity index (χ1n) is 7.08. The van der Waals surface area contributed by atoms with Crippen LogP contribution in [0.5, 0.6) is 0 Å². The predicted octanol–water partition coefficient (Wildman–Crippen LogP) is 3.77. The number of hydrogen-bond donors (Lipinski definition) is 1. The molecule has 0 bridgehead atoms. The van der Waals surface area contributed by atoms with Gasteiger partial charge >= 0.3 is 0 Å². The molecule has 1 unspecified atom stereocenters. The quantitative estimate of drug-likeness (QED) is 0.870. The van der Waals surface area contributed by atoms with Gasteiger partial charge in [-0.1, -0.05) is 35.0 Å². The molecule has 4 heteroatoms. The van der Waals surface area contributed by atoms with Gasteiger partial charge in [-0.3, -0.25) is 4.68 Å². The summed E-state index contributed by atoms with van der Waals surface area (Å²) in [6.45, 7) is 5.35. The fourth-order valence-corrected chi connectivity index (χ4v) is 2.59. The highest BCUT2D eigenvalue weighted by atomic mass is 79.9. The first kappa shape index (κ1) is 15.3. The third kappa shape index (κ3) is 3.70. The zero-order valence-electron chi connectivity index (χ0n) is 12.4. The van der Waals surface area contributed by atoms with E-state index in [1.807, 2.05) is 17.9 Å². The monoisotopic (exact) mass is 335 g/mol. The van der Waals surface area contributed by atoms with E-state index in [0.717, 1.165) is 23.9 Å². The fourth-order valence-electron chi connectivity index (χ4n) is 2.32. The second-order valence-corrected chi connectivity index (χ2v) is 6.06. The summed E-state index contributed by atoms with van der Waals surface area (Å²) in [5.74, 6) is 0. The van der Waals surface area contributed by atoms with Gasteiger partial charge in [-0.25, -0.2) is 0 Å². The van der Waals surface area contributed by atoms with Crippen molar-refractivity contribution in [1.29, 1.82) is 0 Å². The summed E-state index contributed by atoms with van der Waals surface area (Å²) in [5.41, 5.74) is 3.87. The first-order valence-corrected chi connectivity index (χ1v) is 7.87. The van der Waals surface area contributed by atoms with Gasteiger partial charge in [0.2, 0.25) is 0 Å². The molecular weight excluding hydrogens is 314 g/mol. The highest BCUT2D eigenvalue weighted by Gasteiger charge is 2.16. The smallest absolute Gasteiger partial charge is 0.0540 e. The van der Waals surface area contributed by atoms with Crippen LogP contribution < -0.4 is 5.32 Å². The SMILES string of the molecule is CCCNC(Cc1ccc(Br)cc1)c1cnn(C)c1C. The van der Waals surface area contributed by atoms with E-state index in [0.29, 0.717) is 6.04 Å². The lowest BCUT2D eigenvalue weighted by molar-refractivity contribution is 0.526. The molecule has 2 aromatic rings. The number of nitrogens with zero attached hydrogens (tertiary/aromatic N) is 2. The Morgan fingerprint density at radius 1 is 1.30 bits per heavy atom. The molecular formula is C16H22BrN3. The van der Waals surface area contributed by atoms with Crippen LogP contribution in [0.1, 0.15) is 36.2 Å². The first-order chi connectivity index (χ1) is 9.61. The number of halogens is 1. The van der Waals surface area contributed by atoms with Crippen molar-refractivity contribution in [3.8, 4) is 0 Å². The minimum absolute atomic E-state index is 0.324. The van der Waals surface area contributed by atoms with Crippen molar-refractivity contribution in [2.45, 2.75) is 32.7 Å². The van der Waals surface area contributed by atoms with Gasteiger partial charge in [0.05, 0.1) is 6.20 Å². The molecule has 0 saturated heterocycles. The molecule has 1 atom stereocenters. The molecule has 0 aliphatic carbocycles. The highest BCUT2D eigenvalue weighted by molar-refractivity contribution is 9.10. The van der Waals surface area contributed by atoms with Crippen LogP contribution in [0.3, 0.4) is 0 Å². The van der Waals surface area contributed by atoms with Gasteiger partial charge in [0.15, 0.2) is 0 Å². The topological polar surface area (TPSA) is 29.9 Å². The summed E-state index contributed by atoms with van der Waals surface area (Å²) in [6, 6.07) is 8.88. The van der Waals surface area contributed by atoms with Crippen molar-refractivity contribution in [3.63, 3.8) is 0 Å². The largest absolute Gasteiger partial charge is 0.310 e. The van der Waals surface area contributed by atoms with E-state index < -0.39 is 0 Å². The number of aryl methyl sites for hydroxylation is 1. The van der Waals surface area contributed by atoms with Crippen LogP contribution >= 0.6 is 15.9 Å². The molecule has 20 heavy (non-hydrogen) atoms. The minimum Gasteiger partial charge on any atom is -0.310 e. The number of hydrogen-bond acceptors (Lipinski definition) is 2. The van der Waals surface area contributed by atoms with Crippen LogP contribution in [0.4, 0.5) is 0 Å². The Morgan fingerprint density at radius 3 is 2.55 bits per heavy atom. The molecule has 3 nitrogen and oxygen atoms in total. The van der Waals surface area contributed by atoms with Gasteiger partial charge in [0, 0.05) is 28.8 Å². The normalized spacial score (nSPS) is 12.6. The van der Waals surface area contributed by atoms with Crippen molar-refractivity contribution in [2.24, 2.45) is 7.05 Å². The molecule has 0 aliphatic heterocycles. The molecule has 1 aromatic heterocycles. The van der Waals surface area contributed by atoms with Gasteiger partial charge in [-0.15, -0.1) is 0 Å². The van der Waals surface area contributed by atoms with Crippen molar-refractivity contribution in [2.75, 3.05) is 6.54 Å². The van der Waals surface area contributed by atoms with Crippen LogP contribution in [-0.2, 0) is 13.5 Å². The molecule has 0 fully saturated rings. The second kappa shape index (κ2) is 7.04. The van der Waals surface area contributed by atoms with Crippen molar-refractivity contribution in [1.82, 2.24) is 15.1 Å². The molecule has 0 saturated carbocycles. The minimum atomic E-state index is 0.324. The van der Waals surface area contributed by atoms with Gasteiger partial charge < -0.3 is 5.32 Å². The maximum absolute atomic E-state index is 4.37. The van der Waals surface area contributed by atoms with E-state index in [9.17, 15) is 0 Å². The summed E-state index contributed by atoms with van der Waals surface area (Å²) in [4.78, 5) is 0. The zero-order chi connectivity index (χ0) is 14.5. The maximum atomic E-state index is 4.37. The maximum Gasteiger partial charge on any atom is 0.0540 e. The summed E-state index contributed by atoms with van der Waals surface area (Å²) in [6.07, 6.45) is 4.11. The molecule has 0 aliphatic rings. The Balaban J connectivity index is 2.19. The average Bonchev–Trinajstić information content (AvgIpc) is 2.77. The summed E-state index contributed by atoms with van der Waals surface area (Å²) < 4.78 is 3.06. The van der Waals surface area contributed by atoms with Gasteiger partial charge in [0.1, 0.15) is 0 Å². The van der Waals surface area contributed by atoms with Crippen LogP contribution in [0.25, 0.3) is 0 Å². The standard InChI is InChI=1S/C16H22BrN3/c1-4-9-18-16(15-11-19-20(3)12(15)2)10-13-5-7-14(17)8-6-13/h5-8,11,16,18H,4,9-10H2,1-3H3. The Hall–Kier alpha value is -1.13. The Kier molecular flexibility index (Phi) is 5.38. The molecule has 0 amide bonds. The Bertz CT molecular complexity index is 545. The number of nitrogens with one attached hydrogen (secondary N) is 1. The summed E-state index contributed by atoms with van der Waals surface area (Å²) in [5, 5.41) is 8.01. The van der Waals surface area contributed by atoms with E-state index in [4.69, 9.17) is 0 Å². The third-order valence-corrected chi connectivity index (χ3v) is 4.17. The van der Waals surface area contributed by atoms with Crippen LogP contribution in [-0.4, -0.2) is 16.3 Å². The van der Waals surface area contributed by atoms with Crippen LogP contribution in [0.2, 0.25) is 0 Å². The highest BCUT2D eigenvalue weighted by Crippen LogP contribution is 2.22. The predicted molar refractivity (Wildman–Crippen MR) is 86.8 cm³/mol. The van der Waals surface area contributed by atoms with E-state index in [-0.39, 0.29) is 0 Å². The van der Waals surface area contributed by atoms with Crippen molar-refractivity contribution < 1.29 is 0 Å². The third-order valence-electron chi connectivity index (χ3n) is 3.64. The van der Waals surface area contributed by atoms with Crippen molar-refractivity contribution in [3.05, 3.63) is 51.8 Å². The van der Waals surface area contributed by atoms with Gasteiger partial charge in [-0.05, 0) is 44.0 Å². The lowest BCUT2D eigenvalue weighted by Crippen LogP contribution is -2.24.